The number of aromatic nitrogens is 1. The number of rotatable bonds is 3. The number of hydrogen-bond donors (Lipinski definition) is 1. The monoisotopic (exact) mass is 384 g/mol. The maximum atomic E-state index is 12.3. The third kappa shape index (κ3) is 2.61. The summed E-state index contributed by atoms with van der Waals surface area (Å²) in [5.74, 6) is -0.0734. The van der Waals surface area contributed by atoms with E-state index in [1.165, 1.54) is 11.3 Å². The van der Waals surface area contributed by atoms with Gasteiger partial charge in [0.1, 0.15) is 12.9 Å². The van der Waals surface area contributed by atoms with Crippen LogP contribution in [0.3, 0.4) is 0 Å². The largest absolute Gasteiger partial charge is 0.458 e. The molecule has 3 aliphatic rings. The third-order valence-electron chi connectivity index (χ3n) is 6.66. The van der Waals surface area contributed by atoms with Crippen molar-refractivity contribution in [2.75, 3.05) is 12.3 Å². The van der Waals surface area contributed by atoms with Crippen LogP contribution in [0.4, 0.5) is 5.13 Å². The molecule has 6 heteroatoms. The van der Waals surface area contributed by atoms with Crippen LogP contribution in [-0.4, -0.2) is 23.8 Å². The summed E-state index contributed by atoms with van der Waals surface area (Å²) in [6.07, 6.45) is 9.35. The Bertz CT molecular complexity index is 899. The average molecular weight is 385 g/mol. The Kier molecular flexibility index (Phi) is 4.14. The molecule has 4 rings (SSSR count). The van der Waals surface area contributed by atoms with Crippen LogP contribution in [0.5, 0.6) is 0 Å². The van der Waals surface area contributed by atoms with Gasteiger partial charge in [0.25, 0.3) is 0 Å². The standard InChI is InChI=1S/C21H24N2O3S/c1-12-4-7-16-20(2,14(12)6-5-13-8-9-26-18(13)25)10-15-17(21(16,3)11-24)23-19(22)27-15/h5-6,8,11,14,16H,1,4,7,9-10H2,2-3H3,(H2,22,23)/b6-5+/t14-,16?,20+,21+/m1/s1. The number of hydrogen-bond acceptors (Lipinski definition) is 6. The van der Waals surface area contributed by atoms with Gasteiger partial charge >= 0.3 is 5.97 Å². The Balaban J connectivity index is 1.78. The average Bonchev–Trinajstić information content (AvgIpc) is 3.19. The van der Waals surface area contributed by atoms with Crippen molar-refractivity contribution in [3.8, 4) is 0 Å². The zero-order chi connectivity index (χ0) is 19.4. The summed E-state index contributed by atoms with van der Waals surface area (Å²) in [7, 11) is 0. The van der Waals surface area contributed by atoms with Crippen molar-refractivity contribution in [1.82, 2.24) is 4.98 Å². The molecule has 1 fully saturated rings. The predicted octanol–water partition coefficient (Wildman–Crippen LogP) is 3.37. The molecule has 1 aliphatic heterocycles. The van der Waals surface area contributed by atoms with E-state index in [-0.39, 0.29) is 23.2 Å². The minimum Gasteiger partial charge on any atom is -0.458 e. The lowest BCUT2D eigenvalue weighted by Gasteiger charge is -2.55. The quantitative estimate of drug-likeness (QED) is 0.491. The van der Waals surface area contributed by atoms with Crippen LogP contribution in [0, 0.1) is 17.3 Å². The van der Waals surface area contributed by atoms with Gasteiger partial charge in [0, 0.05) is 10.8 Å². The Morgan fingerprint density at radius 3 is 2.89 bits per heavy atom. The highest BCUT2D eigenvalue weighted by molar-refractivity contribution is 7.15. The molecule has 0 bridgehead atoms. The van der Waals surface area contributed by atoms with E-state index in [1.807, 2.05) is 13.0 Å². The van der Waals surface area contributed by atoms with Crippen LogP contribution >= 0.6 is 11.3 Å². The smallest absolute Gasteiger partial charge is 0.338 e. The minimum absolute atomic E-state index is 0.0706. The van der Waals surface area contributed by atoms with E-state index < -0.39 is 5.41 Å². The SMILES string of the molecule is C=C1CCC2[C@](C)(C=O)c3nc(N)sc3C[C@@]2(C)[C@@H]1/C=C/C1=CCOC1=O. The number of nitrogen functional groups attached to an aromatic ring is 1. The first kappa shape index (κ1) is 18.2. The number of aldehydes is 1. The zero-order valence-corrected chi connectivity index (χ0v) is 16.5. The van der Waals surface area contributed by atoms with E-state index >= 15 is 0 Å². The molecule has 27 heavy (non-hydrogen) atoms. The number of cyclic esters (lactones) is 1. The van der Waals surface area contributed by atoms with Gasteiger partial charge in [-0.15, -0.1) is 11.3 Å². The lowest BCUT2D eigenvalue weighted by molar-refractivity contribution is -0.135. The highest BCUT2D eigenvalue weighted by Gasteiger charge is 2.57. The molecular weight excluding hydrogens is 360 g/mol. The van der Waals surface area contributed by atoms with E-state index in [0.29, 0.717) is 17.3 Å². The zero-order valence-electron chi connectivity index (χ0n) is 15.7. The first-order valence-corrected chi connectivity index (χ1v) is 10.1. The summed E-state index contributed by atoms with van der Waals surface area (Å²) in [4.78, 5) is 29.6. The van der Waals surface area contributed by atoms with E-state index in [9.17, 15) is 9.59 Å². The molecule has 2 N–H and O–H groups in total. The number of nitrogens with zero attached hydrogens (tertiary/aromatic N) is 1. The number of thiazole rings is 1. The van der Waals surface area contributed by atoms with Gasteiger partial charge in [-0.25, -0.2) is 9.78 Å². The van der Waals surface area contributed by atoms with E-state index in [2.05, 4.69) is 24.6 Å². The topological polar surface area (TPSA) is 82.3 Å². The van der Waals surface area contributed by atoms with Gasteiger partial charge in [-0.1, -0.05) is 31.2 Å². The Morgan fingerprint density at radius 2 is 2.22 bits per heavy atom. The van der Waals surface area contributed by atoms with Crippen molar-refractivity contribution in [2.45, 2.75) is 38.5 Å². The molecule has 1 unspecified atom stereocenters. The number of fused-ring (bicyclic) bond motifs is 2. The molecule has 5 nitrogen and oxygen atoms in total. The third-order valence-corrected chi connectivity index (χ3v) is 7.54. The summed E-state index contributed by atoms with van der Waals surface area (Å²) in [6.45, 7) is 8.88. The summed E-state index contributed by atoms with van der Waals surface area (Å²) in [5, 5.41) is 0.514. The van der Waals surface area contributed by atoms with Crippen LogP contribution in [-0.2, 0) is 26.2 Å². The molecule has 0 aromatic carbocycles. The number of allylic oxidation sites excluding steroid dienone is 2. The summed E-state index contributed by atoms with van der Waals surface area (Å²) < 4.78 is 4.99. The maximum Gasteiger partial charge on any atom is 0.338 e. The van der Waals surface area contributed by atoms with Crippen LogP contribution in [0.15, 0.2) is 36.0 Å². The van der Waals surface area contributed by atoms with E-state index in [0.717, 1.165) is 41.7 Å². The second-order valence-corrected chi connectivity index (χ2v) is 9.37. The fraction of sp³-hybridized carbons (Fsp3) is 0.476. The molecule has 1 saturated carbocycles. The van der Waals surface area contributed by atoms with E-state index in [4.69, 9.17) is 10.5 Å². The van der Waals surface area contributed by atoms with Crippen molar-refractivity contribution in [3.05, 3.63) is 46.5 Å². The molecule has 1 aromatic heterocycles. The molecule has 0 radical (unpaired) electrons. The summed E-state index contributed by atoms with van der Waals surface area (Å²) in [5.41, 5.74) is 7.72. The Morgan fingerprint density at radius 1 is 1.44 bits per heavy atom. The van der Waals surface area contributed by atoms with Gasteiger partial charge in [-0.2, -0.15) is 0 Å². The minimum atomic E-state index is -0.658. The number of carbonyl (C=O) groups is 2. The number of anilines is 1. The van der Waals surface area contributed by atoms with Gasteiger partial charge in [0.05, 0.1) is 16.7 Å². The van der Waals surface area contributed by atoms with Gasteiger partial charge in [-0.05, 0) is 43.6 Å². The highest BCUT2D eigenvalue weighted by Crippen LogP contribution is 2.60. The first-order valence-electron chi connectivity index (χ1n) is 9.24. The molecule has 2 heterocycles. The van der Waals surface area contributed by atoms with Crippen LogP contribution in [0.25, 0.3) is 0 Å². The van der Waals surface area contributed by atoms with Crippen molar-refractivity contribution in [2.24, 2.45) is 17.3 Å². The van der Waals surface area contributed by atoms with Crippen molar-refractivity contribution < 1.29 is 14.3 Å². The van der Waals surface area contributed by atoms with Gasteiger partial charge < -0.3 is 15.3 Å². The fourth-order valence-electron chi connectivity index (χ4n) is 5.34. The molecule has 1 aromatic rings. The van der Waals surface area contributed by atoms with Crippen LogP contribution in [0.1, 0.15) is 37.3 Å². The molecule has 0 saturated heterocycles. The van der Waals surface area contributed by atoms with Crippen LogP contribution < -0.4 is 5.73 Å². The van der Waals surface area contributed by atoms with Crippen molar-refractivity contribution in [3.63, 3.8) is 0 Å². The maximum absolute atomic E-state index is 12.3. The van der Waals surface area contributed by atoms with E-state index in [1.54, 1.807) is 6.08 Å². The summed E-state index contributed by atoms with van der Waals surface area (Å²) >= 11 is 1.48. The molecule has 0 spiro atoms. The molecule has 4 atom stereocenters. The molecule has 142 valence electrons. The Labute approximate surface area is 163 Å². The second-order valence-electron chi connectivity index (χ2n) is 8.25. The van der Waals surface area contributed by atoms with Gasteiger partial charge in [0.2, 0.25) is 0 Å². The van der Waals surface area contributed by atoms with Gasteiger partial charge in [0.15, 0.2) is 5.13 Å². The normalized spacial score (nSPS) is 35.6. The van der Waals surface area contributed by atoms with Crippen molar-refractivity contribution >= 4 is 28.7 Å². The lowest BCUT2D eigenvalue weighted by Crippen LogP contribution is -2.54. The molecule has 0 amide bonds. The first-order chi connectivity index (χ1) is 12.8. The number of carbonyl (C=O) groups excluding carboxylic acids is 2. The predicted molar refractivity (Wildman–Crippen MR) is 105 cm³/mol. The number of ether oxygens (including phenoxy) is 1. The molecular formula is C21H24N2O3S. The lowest BCUT2D eigenvalue weighted by atomic mass is 9.48. The number of nitrogens with two attached hydrogens (primary N) is 1. The van der Waals surface area contributed by atoms with Gasteiger partial charge in [-0.3, -0.25) is 0 Å². The Hall–Kier alpha value is -2.21. The van der Waals surface area contributed by atoms with Crippen LogP contribution in [0.2, 0.25) is 0 Å². The molecule has 2 aliphatic carbocycles. The summed E-state index contributed by atoms with van der Waals surface area (Å²) in [6, 6.07) is 0. The highest BCUT2D eigenvalue weighted by atomic mass is 32.1. The number of esters is 1. The van der Waals surface area contributed by atoms with Crippen molar-refractivity contribution in [1.29, 1.82) is 0 Å². The fourth-order valence-corrected chi connectivity index (χ4v) is 6.48. The second kappa shape index (κ2) is 6.16.